The van der Waals surface area contributed by atoms with E-state index < -0.39 is 0 Å². The summed E-state index contributed by atoms with van der Waals surface area (Å²) in [6, 6.07) is 0. The first kappa shape index (κ1) is 9.02. The summed E-state index contributed by atoms with van der Waals surface area (Å²) in [5.41, 5.74) is 0. The molecule has 0 unspecified atom stereocenters. The van der Waals surface area contributed by atoms with Gasteiger partial charge in [0.25, 0.3) is 5.89 Å². The Kier molecular flexibility index (Phi) is 2.85. The van der Waals surface area contributed by atoms with Crippen LogP contribution in [0.25, 0.3) is 0 Å². The summed E-state index contributed by atoms with van der Waals surface area (Å²) in [7, 11) is 0. The van der Waals surface area contributed by atoms with E-state index in [2.05, 4.69) is 10.1 Å². The minimum atomic E-state index is -0.158. The van der Waals surface area contributed by atoms with Crippen LogP contribution in [-0.4, -0.2) is 26.8 Å². The highest BCUT2D eigenvalue weighted by molar-refractivity contribution is 7.99. The molecule has 4 nitrogen and oxygen atoms in total. The quantitative estimate of drug-likeness (QED) is 0.776. The normalized spacial score (nSPS) is 19.2. The van der Waals surface area contributed by atoms with E-state index in [4.69, 9.17) is 9.63 Å². The maximum absolute atomic E-state index is 8.75. The first-order chi connectivity index (χ1) is 6.40. The lowest BCUT2D eigenvalue weighted by molar-refractivity contribution is 0.222. The van der Waals surface area contributed by atoms with Crippen LogP contribution in [0.4, 0.5) is 0 Å². The molecule has 1 saturated heterocycles. The van der Waals surface area contributed by atoms with Crippen molar-refractivity contribution in [2.24, 2.45) is 0 Å². The third-order valence-corrected chi connectivity index (χ3v) is 3.25. The Morgan fingerprint density at radius 2 is 2.23 bits per heavy atom. The van der Waals surface area contributed by atoms with Crippen LogP contribution in [-0.2, 0) is 6.61 Å². The highest BCUT2D eigenvalue weighted by Crippen LogP contribution is 2.29. The van der Waals surface area contributed by atoms with Crippen molar-refractivity contribution < 1.29 is 9.63 Å². The Morgan fingerprint density at radius 1 is 1.46 bits per heavy atom. The number of aliphatic hydroxyl groups excluding tert-OH is 1. The van der Waals surface area contributed by atoms with Gasteiger partial charge in [-0.25, -0.2) is 0 Å². The molecule has 0 bridgehead atoms. The first-order valence-corrected chi connectivity index (χ1v) is 5.56. The second-order valence-corrected chi connectivity index (χ2v) is 4.32. The van der Waals surface area contributed by atoms with Gasteiger partial charge < -0.3 is 9.63 Å². The predicted molar refractivity (Wildman–Crippen MR) is 49.5 cm³/mol. The van der Waals surface area contributed by atoms with Gasteiger partial charge in [-0.3, -0.25) is 0 Å². The lowest BCUT2D eigenvalue weighted by Crippen LogP contribution is -2.09. The van der Waals surface area contributed by atoms with E-state index in [1.807, 2.05) is 11.8 Å². The fourth-order valence-corrected chi connectivity index (χ4v) is 2.56. The molecule has 1 N–H and O–H groups in total. The Labute approximate surface area is 80.7 Å². The molecule has 1 aliphatic heterocycles. The Balaban J connectivity index is 2.05. The SMILES string of the molecule is OCc1nc(C2CCSCC2)no1. The molecule has 2 heterocycles. The van der Waals surface area contributed by atoms with Crippen molar-refractivity contribution in [1.82, 2.24) is 10.1 Å². The van der Waals surface area contributed by atoms with Crippen LogP contribution in [0.2, 0.25) is 0 Å². The summed E-state index contributed by atoms with van der Waals surface area (Å²) < 4.78 is 4.85. The second kappa shape index (κ2) is 4.11. The van der Waals surface area contributed by atoms with Crippen LogP contribution in [0.5, 0.6) is 0 Å². The fraction of sp³-hybridized carbons (Fsp3) is 0.750. The number of aromatic nitrogens is 2. The van der Waals surface area contributed by atoms with Gasteiger partial charge >= 0.3 is 0 Å². The van der Waals surface area contributed by atoms with E-state index in [9.17, 15) is 0 Å². The molecular weight excluding hydrogens is 188 g/mol. The van der Waals surface area contributed by atoms with Gasteiger partial charge in [0.15, 0.2) is 5.82 Å². The van der Waals surface area contributed by atoms with Crippen LogP contribution in [0.3, 0.4) is 0 Å². The van der Waals surface area contributed by atoms with Crippen LogP contribution >= 0.6 is 11.8 Å². The molecule has 5 heteroatoms. The van der Waals surface area contributed by atoms with Crippen LogP contribution in [0, 0.1) is 0 Å². The molecule has 72 valence electrons. The minimum Gasteiger partial charge on any atom is -0.387 e. The van der Waals surface area contributed by atoms with Gasteiger partial charge in [-0.15, -0.1) is 0 Å². The molecule has 0 aliphatic carbocycles. The van der Waals surface area contributed by atoms with Gasteiger partial charge in [-0.2, -0.15) is 16.7 Å². The maximum Gasteiger partial charge on any atom is 0.252 e. The Bertz CT molecular complexity index is 271. The van der Waals surface area contributed by atoms with Gasteiger partial charge in [-0.05, 0) is 24.3 Å². The Hall–Kier alpha value is -0.550. The third kappa shape index (κ3) is 2.03. The largest absolute Gasteiger partial charge is 0.387 e. The van der Waals surface area contributed by atoms with Gasteiger partial charge in [0.1, 0.15) is 6.61 Å². The van der Waals surface area contributed by atoms with E-state index in [0.29, 0.717) is 11.8 Å². The zero-order valence-electron chi connectivity index (χ0n) is 7.27. The van der Waals surface area contributed by atoms with E-state index in [1.54, 1.807) is 0 Å². The summed E-state index contributed by atoms with van der Waals surface area (Å²) in [6.45, 7) is -0.158. The predicted octanol–water partition coefficient (Wildman–Crippen LogP) is 1.17. The summed E-state index contributed by atoms with van der Waals surface area (Å²) in [6.07, 6.45) is 2.24. The molecule has 0 atom stereocenters. The second-order valence-electron chi connectivity index (χ2n) is 3.09. The zero-order valence-corrected chi connectivity index (χ0v) is 8.09. The maximum atomic E-state index is 8.75. The molecule has 0 radical (unpaired) electrons. The molecule has 1 aromatic heterocycles. The summed E-state index contributed by atoms with van der Waals surface area (Å²) >= 11 is 1.97. The van der Waals surface area contributed by atoms with Crippen molar-refractivity contribution in [2.45, 2.75) is 25.4 Å². The number of aliphatic hydroxyl groups is 1. The smallest absolute Gasteiger partial charge is 0.252 e. The van der Waals surface area contributed by atoms with Gasteiger partial charge in [0, 0.05) is 5.92 Å². The van der Waals surface area contributed by atoms with E-state index in [1.165, 1.54) is 11.5 Å². The van der Waals surface area contributed by atoms with Crippen molar-refractivity contribution in [1.29, 1.82) is 0 Å². The molecule has 1 aromatic rings. The van der Waals surface area contributed by atoms with Gasteiger partial charge in [0.2, 0.25) is 0 Å². The van der Waals surface area contributed by atoms with Crippen molar-refractivity contribution in [3.63, 3.8) is 0 Å². The van der Waals surface area contributed by atoms with E-state index in [0.717, 1.165) is 18.7 Å². The van der Waals surface area contributed by atoms with Crippen molar-refractivity contribution in [3.05, 3.63) is 11.7 Å². The highest BCUT2D eigenvalue weighted by atomic mass is 32.2. The molecule has 0 saturated carbocycles. The number of hydrogen-bond acceptors (Lipinski definition) is 5. The number of nitrogens with zero attached hydrogens (tertiary/aromatic N) is 2. The first-order valence-electron chi connectivity index (χ1n) is 4.41. The van der Waals surface area contributed by atoms with Crippen molar-refractivity contribution >= 4 is 11.8 Å². The molecule has 0 amide bonds. The lowest BCUT2D eigenvalue weighted by atomic mass is 10.0. The molecule has 2 rings (SSSR count). The lowest BCUT2D eigenvalue weighted by Gasteiger charge is -2.17. The van der Waals surface area contributed by atoms with Crippen LogP contribution in [0.15, 0.2) is 4.52 Å². The fourth-order valence-electron chi connectivity index (χ4n) is 1.45. The number of rotatable bonds is 2. The van der Waals surface area contributed by atoms with Crippen LogP contribution in [0.1, 0.15) is 30.5 Å². The third-order valence-electron chi connectivity index (χ3n) is 2.21. The minimum absolute atomic E-state index is 0.158. The summed E-state index contributed by atoms with van der Waals surface area (Å²) in [5, 5.41) is 12.6. The average molecular weight is 200 g/mol. The summed E-state index contributed by atoms with van der Waals surface area (Å²) in [4.78, 5) is 4.12. The van der Waals surface area contributed by atoms with Gasteiger partial charge in [0.05, 0.1) is 0 Å². The Morgan fingerprint density at radius 3 is 2.85 bits per heavy atom. The topological polar surface area (TPSA) is 59.2 Å². The number of hydrogen-bond donors (Lipinski definition) is 1. The molecule has 1 fully saturated rings. The number of thioether (sulfide) groups is 1. The summed E-state index contributed by atoms with van der Waals surface area (Å²) in [5.74, 6) is 3.88. The van der Waals surface area contributed by atoms with Crippen LogP contribution < -0.4 is 0 Å². The van der Waals surface area contributed by atoms with Gasteiger partial charge in [-0.1, -0.05) is 5.16 Å². The van der Waals surface area contributed by atoms with E-state index >= 15 is 0 Å². The van der Waals surface area contributed by atoms with Crippen molar-refractivity contribution in [2.75, 3.05) is 11.5 Å². The molecular formula is C8H12N2O2S. The van der Waals surface area contributed by atoms with E-state index in [-0.39, 0.29) is 6.61 Å². The molecule has 0 spiro atoms. The molecule has 1 aliphatic rings. The molecule has 13 heavy (non-hydrogen) atoms. The standard InChI is InChI=1S/C8H12N2O2S/c11-5-7-9-8(10-12-7)6-1-3-13-4-2-6/h6,11H,1-5H2. The monoisotopic (exact) mass is 200 g/mol. The zero-order chi connectivity index (χ0) is 9.10. The highest BCUT2D eigenvalue weighted by Gasteiger charge is 2.20. The average Bonchev–Trinajstić information content (AvgIpc) is 2.67. The van der Waals surface area contributed by atoms with Crippen molar-refractivity contribution in [3.8, 4) is 0 Å². The molecule has 0 aromatic carbocycles.